The Balaban J connectivity index is 1.05. The van der Waals surface area contributed by atoms with E-state index in [4.69, 9.17) is 54.3 Å². The first-order valence-electron chi connectivity index (χ1n) is 38.4. The van der Waals surface area contributed by atoms with E-state index in [2.05, 4.69) is 146 Å². The van der Waals surface area contributed by atoms with Gasteiger partial charge in [-0.05, 0) is 98.5 Å². The van der Waals surface area contributed by atoms with Gasteiger partial charge in [-0.1, -0.05) is 203 Å². The average molecular weight is 1490 g/mol. The largest absolute Gasteiger partial charge is 0.463 e. The number of hydrogen-bond donors (Lipinski definition) is 4. The van der Waals surface area contributed by atoms with Crippen LogP contribution in [-0.2, 0) is 18.1 Å². The number of rotatable bonds is 40. The maximum absolute atomic E-state index is 7.40. The molecule has 4 aliphatic heterocycles. The van der Waals surface area contributed by atoms with Crippen LogP contribution in [0.1, 0.15) is 224 Å². The third-order valence-electron chi connectivity index (χ3n) is 19.9. The van der Waals surface area contributed by atoms with Crippen molar-refractivity contribution in [1.82, 2.24) is 0 Å². The molecular formula is C84H104N4O12P4. The second-order valence-corrected chi connectivity index (χ2v) is 31.7. The molecule has 1 aliphatic carbocycles. The molecule has 20 heteroatoms. The van der Waals surface area contributed by atoms with Crippen molar-refractivity contribution in [2.75, 3.05) is 73.9 Å². The SMILES string of the molecule is CCCCCCC1c2cc3c4cc2OP(OCCNc2ccccc2)Oc2cc5c(cc21)C(CCCCCC)c1cc2c(cc1OP(OCCNc1ccccc1)O5)OP(OCCNc1ccccc1)Oc1cc(c(cc1C2CCCCCC)C3CCCCCC)OP(OCCNc1ccccc1)O4. The quantitative estimate of drug-likeness (QED) is 0.0212. The van der Waals surface area contributed by atoms with Crippen LogP contribution in [0.5, 0.6) is 46.0 Å². The van der Waals surface area contributed by atoms with E-state index in [0.29, 0.717) is 72.2 Å². The Morgan fingerprint density at radius 3 is 0.625 bits per heavy atom. The standard InChI is InChI=1S/C84H104N4O12P4/c1-5-9-13-29-41-65-69-53-71-66(42-30-14-10-6-2)73-55-75-68(44-32-16-12-8-4)76-56-74-67(43-31-15-11-7-3)72-54-70(65)78-58-80(72)96-103(91-51-47-87-63-37-25-19-26-38-63)98-82(74)60-84(76)100-104(92-52-48-88-64-39-27-20-28-40-64)99-83(75)59-81(73)97-102(90-50-46-86-62-35-23-18-24-36-62)95-79(71)57-77(69)93-101(94-78)89-49-45-85-61-33-21-17-22-34-61/h17-28,33-40,53-60,65-68,85-88H,5-16,29-32,41-52H2,1-4H3. The van der Waals surface area contributed by atoms with Crippen molar-refractivity contribution in [3.05, 3.63) is 214 Å². The van der Waals surface area contributed by atoms with E-state index in [1.165, 1.54) is 0 Å². The highest BCUT2D eigenvalue weighted by atomic mass is 31.2. The van der Waals surface area contributed by atoms with Gasteiger partial charge in [0.2, 0.25) is 0 Å². The lowest BCUT2D eigenvalue weighted by Gasteiger charge is -2.36. The molecule has 0 fully saturated rings. The molecule has 8 aromatic carbocycles. The van der Waals surface area contributed by atoms with Crippen molar-refractivity contribution in [3.8, 4) is 46.0 Å². The molecule has 0 spiro atoms. The van der Waals surface area contributed by atoms with Crippen molar-refractivity contribution < 1.29 is 54.3 Å². The average Bonchev–Trinajstić information content (AvgIpc) is 0.734. The second-order valence-electron chi connectivity index (χ2n) is 27.4. The van der Waals surface area contributed by atoms with Gasteiger partial charge in [0.15, 0.2) is 0 Å². The van der Waals surface area contributed by atoms with Crippen molar-refractivity contribution >= 4 is 57.2 Å². The van der Waals surface area contributed by atoms with Crippen molar-refractivity contribution in [2.45, 2.75) is 180 Å². The first kappa shape index (κ1) is 75.2. The summed E-state index contributed by atoms with van der Waals surface area (Å²) >= 11 is 0. The summed E-state index contributed by atoms with van der Waals surface area (Å²) in [6.45, 7) is 12.3. The van der Waals surface area contributed by atoms with Gasteiger partial charge in [0.1, 0.15) is 46.0 Å². The van der Waals surface area contributed by atoms with Crippen molar-refractivity contribution in [2.24, 2.45) is 0 Å². The van der Waals surface area contributed by atoms with Crippen molar-refractivity contribution in [3.63, 3.8) is 0 Å². The fourth-order valence-electron chi connectivity index (χ4n) is 14.6. The molecule has 8 bridgehead atoms. The van der Waals surface area contributed by atoms with Gasteiger partial charge < -0.3 is 57.5 Å². The van der Waals surface area contributed by atoms with Gasteiger partial charge >= 0.3 is 34.4 Å². The molecule has 0 aromatic heterocycles. The summed E-state index contributed by atoms with van der Waals surface area (Å²) in [5.74, 6) is 4.34. The predicted octanol–water partition coefficient (Wildman–Crippen LogP) is 24.9. The molecule has 5 aliphatic rings. The molecule has 0 saturated heterocycles. The summed E-state index contributed by atoms with van der Waals surface area (Å²) in [6, 6.07) is 59.0. The van der Waals surface area contributed by atoms with Crippen LogP contribution in [0.15, 0.2) is 170 Å². The monoisotopic (exact) mass is 1480 g/mol. The third-order valence-corrected chi connectivity index (χ3v) is 24.3. The number of unbranched alkanes of at least 4 members (excludes halogenated alkanes) is 12. The highest BCUT2D eigenvalue weighted by Gasteiger charge is 2.42. The summed E-state index contributed by atoms with van der Waals surface area (Å²) in [6.07, 6.45) is 20.4. The van der Waals surface area contributed by atoms with E-state index in [9.17, 15) is 0 Å². The molecule has 104 heavy (non-hydrogen) atoms. The van der Waals surface area contributed by atoms with E-state index < -0.39 is 34.4 Å². The topological polar surface area (TPSA) is 159 Å². The maximum atomic E-state index is 7.40. The van der Waals surface area contributed by atoms with E-state index in [0.717, 1.165) is 196 Å². The predicted molar refractivity (Wildman–Crippen MR) is 424 cm³/mol. The lowest BCUT2D eigenvalue weighted by Crippen LogP contribution is -2.20. The fraction of sp³-hybridized carbons (Fsp3) is 0.429. The number of nitrogens with one attached hydrogen (secondary N) is 4. The number of benzene rings is 8. The van der Waals surface area contributed by atoms with Gasteiger partial charge in [0.05, 0.1) is 26.4 Å². The maximum Gasteiger partial charge on any atom is 0.463 e. The molecule has 8 aromatic rings. The van der Waals surface area contributed by atoms with Crippen LogP contribution in [-0.4, -0.2) is 52.6 Å². The minimum Gasteiger partial charge on any atom is -0.417 e. The minimum atomic E-state index is -2.14. The summed E-state index contributed by atoms with van der Waals surface area (Å²) < 4.78 is 86.9. The van der Waals surface area contributed by atoms with Gasteiger partial charge in [-0.15, -0.1) is 0 Å². The summed E-state index contributed by atoms with van der Waals surface area (Å²) in [5, 5.41) is 14.2. The number of para-hydroxylation sites is 4. The van der Waals surface area contributed by atoms with E-state index in [-0.39, 0.29) is 50.1 Å². The normalized spacial score (nSPS) is 19.3. The molecule has 0 saturated carbocycles. The Kier molecular flexibility index (Phi) is 28.2. The summed E-state index contributed by atoms with van der Waals surface area (Å²) in [4.78, 5) is 0. The summed E-state index contributed by atoms with van der Waals surface area (Å²) in [7, 11) is -8.54. The van der Waals surface area contributed by atoms with Crippen LogP contribution in [0.3, 0.4) is 0 Å². The van der Waals surface area contributed by atoms with Crippen LogP contribution in [0.25, 0.3) is 0 Å². The van der Waals surface area contributed by atoms with E-state index in [1.54, 1.807) is 0 Å². The van der Waals surface area contributed by atoms with E-state index in [1.807, 2.05) is 72.8 Å². The minimum absolute atomic E-state index is 0.206. The molecule has 0 amide bonds. The zero-order chi connectivity index (χ0) is 71.1. The highest BCUT2D eigenvalue weighted by Crippen LogP contribution is 2.63. The molecule has 0 radical (unpaired) electrons. The zero-order valence-corrected chi connectivity index (χ0v) is 64.5. The molecule has 13 rings (SSSR count). The van der Waals surface area contributed by atoms with Crippen LogP contribution < -0.4 is 57.5 Å². The molecular weight excluding hydrogens is 1380 g/mol. The summed E-state index contributed by atoms with van der Waals surface area (Å²) in [5.41, 5.74) is 12.4. The van der Waals surface area contributed by atoms with Crippen molar-refractivity contribution in [1.29, 1.82) is 0 Å². The smallest absolute Gasteiger partial charge is 0.417 e. The molecule has 0 unspecified atom stereocenters. The van der Waals surface area contributed by atoms with Crippen LogP contribution in [0.2, 0.25) is 0 Å². The first-order chi connectivity index (χ1) is 51.4. The first-order valence-corrected chi connectivity index (χ1v) is 42.8. The van der Waals surface area contributed by atoms with Gasteiger partial charge in [-0.2, -0.15) is 0 Å². The number of anilines is 4. The zero-order valence-electron chi connectivity index (χ0n) is 61.0. The molecule has 16 nitrogen and oxygen atoms in total. The van der Waals surface area contributed by atoms with E-state index >= 15 is 0 Å². The molecule has 4 heterocycles. The van der Waals surface area contributed by atoms with Gasteiger partial charge in [-0.25, -0.2) is 0 Å². The van der Waals surface area contributed by atoms with Crippen LogP contribution in [0.4, 0.5) is 22.7 Å². The third kappa shape index (κ3) is 19.9. The lowest BCUT2D eigenvalue weighted by molar-refractivity contribution is 0.265. The molecule has 0 atom stereocenters. The number of hydrogen-bond acceptors (Lipinski definition) is 16. The molecule has 552 valence electrons. The van der Waals surface area contributed by atoms with Gasteiger partial charge in [-0.3, -0.25) is 18.1 Å². The Morgan fingerprint density at radius 2 is 0.442 bits per heavy atom. The highest BCUT2D eigenvalue weighted by molar-refractivity contribution is 7.43. The Morgan fingerprint density at radius 1 is 0.250 bits per heavy atom. The van der Waals surface area contributed by atoms with Crippen LogP contribution in [0, 0.1) is 0 Å². The van der Waals surface area contributed by atoms with Crippen LogP contribution >= 0.6 is 34.4 Å². The Bertz CT molecular complexity index is 3340. The molecule has 4 N–H and O–H groups in total. The van der Waals surface area contributed by atoms with Gasteiger partial charge in [0.25, 0.3) is 0 Å². The Labute approximate surface area is 622 Å². The van der Waals surface area contributed by atoms with Gasteiger partial charge in [0, 0.05) is 141 Å². The lowest BCUT2D eigenvalue weighted by atomic mass is 9.76. The second kappa shape index (κ2) is 39.0. The fourth-order valence-corrected chi connectivity index (χ4v) is 18.7. The Hall–Kier alpha value is -7.08.